The molecular weight excluding hydrogens is 480 g/mol. The summed E-state index contributed by atoms with van der Waals surface area (Å²) in [7, 11) is 3.21. The predicted octanol–water partition coefficient (Wildman–Crippen LogP) is 1.92. The van der Waals surface area contributed by atoms with E-state index in [0.717, 1.165) is 28.1 Å². The molecule has 4 N–H and O–H groups in total. The van der Waals surface area contributed by atoms with Crippen LogP contribution in [-0.4, -0.2) is 81.7 Å². The minimum atomic E-state index is -1.56. The number of aromatic nitrogens is 2. The molecule has 10 heteroatoms. The third kappa shape index (κ3) is 5.58. The molecule has 0 bridgehead atoms. The van der Waals surface area contributed by atoms with Gasteiger partial charge in [0.05, 0.1) is 26.5 Å². The third-order valence-corrected chi connectivity index (χ3v) is 6.44. The summed E-state index contributed by atoms with van der Waals surface area (Å²) in [6, 6.07) is 15.2. The highest BCUT2D eigenvalue weighted by atomic mass is 16.7. The molecule has 0 radical (unpaired) electrons. The van der Waals surface area contributed by atoms with Gasteiger partial charge in [-0.2, -0.15) is 0 Å². The lowest BCUT2D eigenvalue weighted by Gasteiger charge is -2.39. The molecule has 200 valence electrons. The zero-order valence-corrected chi connectivity index (χ0v) is 21.3. The van der Waals surface area contributed by atoms with Crippen LogP contribution in [0.1, 0.15) is 31.0 Å². The van der Waals surface area contributed by atoms with Crippen molar-refractivity contribution in [2.24, 2.45) is 0 Å². The number of rotatable bonds is 9. The molecule has 1 aliphatic heterocycles. The number of nitrogens with zero attached hydrogens (tertiary/aromatic N) is 2. The van der Waals surface area contributed by atoms with E-state index in [0.29, 0.717) is 12.2 Å². The molecule has 0 amide bonds. The van der Waals surface area contributed by atoms with Crippen LogP contribution in [0, 0.1) is 0 Å². The van der Waals surface area contributed by atoms with Crippen LogP contribution in [0.3, 0.4) is 0 Å². The van der Waals surface area contributed by atoms with Gasteiger partial charge in [0, 0.05) is 23.6 Å². The Morgan fingerprint density at radius 3 is 2.03 bits per heavy atom. The Labute approximate surface area is 215 Å². The molecule has 5 atom stereocenters. The molecule has 0 spiro atoms. The average Bonchev–Trinajstić information content (AvgIpc) is 3.27. The number of benzene rings is 2. The van der Waals surface area contributed by atoms with Crippen molar-refractivity contribution in [2.45, 2.75) is 57.0 Å². The van der Waals surface area contributed by atoms with E-state index < -0.39 is 37.3 Å². The van der Waals surface area contributed by atoms with Crippen molar-refractivity contribution < 1.29 is 39.4 Å². The fraction of sp³-hybridized carbons (Fsp3) is 0.444. The summed E-state index contributed by atoms with van der Waals surface area (Å²) in [5.74, 6) is 1.66. The summed E-state index contributed by atoms with van der Waals surface area (Å²) in [5.41, 5.74) is 3.40. The van der Waals surface area contributed by atoms with Crippen molar-refractivity contribution >= 4 is 0 Å². The maximum atomic E-state index is 10.6. The Balaban J connectivity index is 1.80. The zero-order chi connectivity index (χ0) is 26.7. The van der Waals surface area contributed by atoms with Gasteiger partial charge >= 0.3 is 0 Å². The Morgan fingerprint density at radius 2 is 1.49 bits per heavy atom. The number of aliphatic hydroxyl groups excluding tert-OH is 4. The number of hydrogen-bond donors (Lipinski definition) is 4. The van der Waals surface area contributed by atoms with E-state index in [1.807, 2.05) is 67.1 Å². The first-order valence-corrected chi connectivity index (χ1v) is 12.1. The first-order chi connectivity index (χ1) is 17.8. The maximum Gasteiger partial charge on any atom is 0.239 e. The maximum absolute atomic E-state index is 10.6. The summed E-state index contributed by atoms with van der Waals surface area (Å²) in [6.07, 6.45) is -6.62. The Bertz CT molecular complexity index is 1160. The van der Waals surface area contributed by atoms with Crippen LogP contribution in [0.15, 0.2) is 48.5 Å². The standard InChI is InChI=1S/C27H34N2O8/c1-15(2)29-22(17-7-11-19(35-4)12-8-17)20(13-16-5-9-18(34-3)10-6-16)26(28-29)37-27-25(33)24(32)23(31)21(14-30)36-27/h5-12,15,21,23-25,27,30-33H,13-14H2,1-4H3/t21-,23-,24+,25-,27?/m1/s1. The second-order valence-electron chi connectivity index (χ2n) is 9.24. The quantitative estimate of drug-likeness (QED) is 0.338. The molecule has 0 saturated carbocycles. The predicted molar refractivity (Wildman–Crippen MR) is 135 cm³/mol. The highest BCUT2D eigenvalue weighted by Gasteiger charge is 2.45. The van der Waals surface area contributed by atoms with Gasteiger partial charge in [-0.15, -0.1) is 5.10 Å². The van der Waals surface area contributed by atoms with E-state index in [2.05, 4.69) is 0 Å². The van der Waals surface area contributed by atoms with E-state index in [4.69, 9.17) is 24.0 Å². The first kappa shape index (κ1) is 26.9. The normalized spacial score (nSPS) is 23.8. The second-order valence-corrected chi connectivity index (χ2v) is 9.24. The Morgan fingerprint density at radius 1 is 0.892 bits per heavy atom. The molecule has 3 aromatic rings. The minimum absolute atomic E-state index is 0.0427. The van der Waals surface area contributed by atoms with Crippen LogP contribution >= 0.6 is 0 Å². The van der Waals surface area contributed by atoms with Gasteiger partial charge in [-0.25, -0.2) is 0 Å². The van der Waals surface area contributed by atoms with Gasteiger partial charge in [0.1, 0.15) is 35.9 Å². The molecule has 37 heavy (non-hydrogen) atoms. The second kappa shape index (κ2) is 11.5. The van der Waals surface area contributed by atoms with Gasteiger partial charge in [0.2, 0.25) is 12.2 Å². The molecule has 1 fully saturated rings. The molecule has 10 nitrogen and oxygen atoms in total. The van der Waals surface area contributed by atoms with Crippen LogP contribution in [0.2, 0.25) is 0 Å². The largest absolute Gasteiger partial charge is 0.497 e. The molecular formula is C27H34N2O8. The summed E-state index contributed by atoms with van der Waals surface area (Å²) in [4.78, 5) is 0. The van der Waals surface area contributed by atoms with E-state index >= 15 is 0 Å². The lowest BCUT2D eigenvalue weighted by molar-refractivity contribution is -0.278. The van der Waals surface area contributed by atoms with E-state index in [1.54, 1.807) is 14.2 Å². The molecule has 1 aromatic heterocycles. The monoisotopic (exact) mass is 514 g/mol. The average molecular weight is 515 g/mol. The fourth-order valence-electron chi connectivity index (χ4n) is 4.35. The minimum Gasteiger partial charge on any atom is -0.497 e. The SMILES string of the molecule is COc1ccc(Cc2c(OC3O[C@H](CO)[C@@H](O)[C@H](O)[C@H]3O)nn(C(C)C)c2-c2ccc(OC)cc2)cc1. The van der Waals surface area contributed by atoms with Crippen molar-refractivity contribution in [1.29, 1.82) is 0 Å². The Kier molecular flexibility index (Phi) is 8.35. The van der Waals surface area contributed by atoms with Crippen molar-refractivity contribution in [1.82, 2.24) is 9.78 Å². The zero-order valence-electron chi connectivity index (χ0n) is 21.3. The summed E-state index contributed by atoms with van der Waals surface area (Å²) < 4.78 is 24.1. The summed E-state index contributed by atoms with van der Waals surface area (Å²) in [6.45, 7) is 3.44. The van der Waals surface area contributed by atoms with Gasteiger partial charge < -0.3 is 39.4 Å². The highest BCUT2D eigenvalue weighted by Crippen LogP contribution is 2.37. The molecule has 1 unspecified atom stereocenters. The van der Waals surface area contributed by atoms with E-state index in [-0.39, 0.29) is 11.9 Å². The van der Waals surface area contributed by atoms with Crippen LogP contribution < -0.4 is 14.2 Å². The van der Waals surface area contributed by atoms with Crippen LogP contribution in [0.5, 0.6) is 17.4 Å². The molecule has 2 aromatic carbocycles. The van der Waals surface area contributed by atoms with E-state index in [9.17, 15) is 20.4 Å². The van der Waals surface area contributed by atoms with Crippen LogP contribution in [0.25, 0.3) is 11.3 Å². The lowest BCUT2D eigenvalue weighted by Crippen LogP contribution is -2.60. The molecule has 1 aliphatic rings. The van der Waals surface area contributed by atoms with Crippen LogP contribution in [-0.2, 0) is 11.2 Å². The molecule has 4 rings (SSSR count). The van der Waals surface area contributed by atoms with Gasteiger partial charge in [-0.1, -0.05) is 12.1 Å². The summed E-state index contributed by atoms with van der Waals surface area (Å²) in [5, 5.41) is 45.3. The number of methoxy groups -OCH3 is 2. The van der Waals surface area contributed by atoms with Crippen molar-refractivity contribution in [3.8, 4) is 28.6 Å². The summed E-state index contributed by atoms with van der Waals surface area (Å²) >= 11 is 0. The number of ether oxygens (including phenoxy) is 4. The number of aliphatic hydroxyl groups is 4. The lowest BCUT2D eigenvalue weighted by atomic mass is 9.99. The number of hydrogen-bond acceptors (Lipinski definition) is 9. The molecule has 2 heterocycles. The van der Waals surface area contributed by atoms with Gasteiger partial charge in [0.25, 0.3) is 0 Å². The van der Waals surface area contributed by atoms with Gasteiger partial charge in [-0.05, 0) is 55.8 Å². The van der Waals surface area contributed by atoms with E-state index in [1.165, 1.54) is 0 Å². The van der Waals surface area contributed by atoms with Crippen molar-refractivity contribution in [2.75, 3.05) is 20.8 Å². The van der Waals surface area contributed by atoms with Gasteiger partial charge in [0.15, 0.2) is 0 Å². The topological polar surface area (TPSA) is 136 Å². The molecule has 1 saturated heterocycles. The fourth-order valence-corrected chi connectivity index (χ4v) is 4.35. The van der Waals surface area contributed by atoms with Crippen LogP contribution in [0.4, 0.5) is 0 Å². The molecule has 0 aliphatic carbocycles. The first-order valence-electron chi connectivity index (χ1n) is 12.1. The highest BCUT2D eigenvalue weighted by molar-refractivity contribution is 5.68. The van der Waals surface area contributed by atoms with Crippen molar-refractivity contribution in [3.63, 3.8) is 0 Å². The van der Waals surface area contributed by atoms with Crippen molar-refractivity contribution in [3.05, 3.63) is 59.7 Å². The smallest absolute Gasteiger partial charge is 0.239 e. The van der Waals surface area contributed by atoms with Gasteiger partial charge in [-0.3, -0.25) is 4.68 Å². The Hall–Kier alpha value is -3.15. The third-order valence-electron chi connectivity index (χ3n) is 6.44.